The Bertz CT molecular complexity index is 1460. The summed E-state index contributed by atoms with van der Waals surface area (Å²) in [5.41, 5.74) is 2.32. The zero-order valence-corrected chi connectivity index (χ0v) is 22.2. The van der Waals surface area contributed by atoms with E-state index in [1.54, 1.807) is 35.2 Å². The number of benzene rings is 2. The van der Waals surface area contributed by atoms with Crippen molar-refractivity contribution in [2.75, 3.05) is 37.8 Å². The van der Waals surface area contributed by atoms with Gasteiger partial charge in [-0.1, -0.05) is 52.9 Å². The first-order valence-corrected chi connectivity index (χ1v) is 14.0. The molecule has 38 heavy (non-hydrogen) atoms. The number of nitrogens with zero attached hydrogens (tertiary/aromatic N) is 2. The van der Waals surface area contributed by atoms with E-state index in [1.165, 1.54) is 16.7 Å². The minimum Gasteiger partial charge on any atom is -0.484 e. The van der Waals surface area contributed by atoms with Crippen molar-refractivity contribution in [2.24, 2.45) is 5.92 Å². The van der Waals surface area contributed by atoms with E-state index < -0.39 is 17.1 Å². The number of hydrogen-bond acceptors (Lipinski definition) is 8. The van der Waals surface area contributed by atoms with Crippen LogP contribution in [-0.2, 0) is 19.1 Å². The fourth-order valence-corrected chi connectivity index (χ4v) is 7.69. The Morgan fingerprint density at radius 1 is 1.08 bits per heavy atom. The van der Waals surface area contributed by atoms with Crippen LogP contribution in [0.15, 0.2) is 58.4 Å². The number of nitrogens with one attached hydrogen (secondary N) is 1. The summed E-state index contributed by atoms with van der Waals surface area (Å²) >= 11 is 2.31. The van der Waals surface area contributed by atoms with Gasteiger partial charge >= 0.3 is 4.87 Å². The van der Waals surface area contributed by atoms with Crippen LogP contribution in [-0.4, -0.2) is 65.8 Å². The van der Waals surface area contributed by atoms with Crippen molar-refractivity contribution in [3.05, 3.63) is 74.2 Å². The number of thiazole rings is 1. The molecule has 1 N–H and O–H groups in total. The molecule has 3 aliphatic heterocycles. The van der Waals surface area contributed by atoms with Crippen LogP contribution in [0.2, 0.25) is 0 Å². The van der Waals surface area contributed by atoms with Crippen molar-refractivity contribution < 1.29 is 23.9 Å². The average molecular weight is 552 g/mol. The highest BCUT2D eigenvalue weighted by Gasteiger charge is 2.56. The molecule has 0 spiro atoms. The molecule has 3 aromatic rings. The number of anilines is 1. The highest BCUT2D eigenvalue weighted by Crippen LogP contribution is 2.53. The van der Waals surface area contributed by atoms with Crippen LogP contribution in [0.5, 0.6) is 5.75 Å². The molecule has 0 saturated carbocycles. The van der Waals surface area contributed by atoms with Crippen LogP contribution in [0.3, 0.4) is 0 Å². The standard InChI is InChI=1S/C27H25N3O6S2/c1-15-5-7-17(8-6-15)30-25(32)21-20(22-24(28-27(34)38-22)37-23(21)26(30)33)16-3-2-4-18(13-16)36-14-19(31)29-9-11-35-12-10-29/h2-8,13,20-21,23H,9-12,14H2,1H3,(H,28,34). The minimum absolute atomic E-state index is 0.114. The van der Waals surface area contributed by atoms with Gasteiger partial charge < -0.3 is 19.4 Å². The Labute approximate surface area is 226 Å². The van der Waals surface area contributed by atoms with Crippen molar-refractivity contribution >= 4 is 46.5 Å². The van der Waals surface area contributed by atoms with Gasteiger partial charge in [-0.15, -0.1) is 0 Å². The summed E-state index contributed by atoms with van der Waals surface area (Å²) in [4.78, 5) is 58.6. The predicted octanol–water partition coefficient (Wildman–Crippen LogP) is 2.78. The van der Waals surface area contributed by atoms with Gasteiger partial charge in [0.1, 0.15) is 11.0 Å². The largest absolute Gasteiger partial charge is 0.484 e. The Kier molecular flexibility index (Phi) is 6.58. The van der Waals surface area contributed by atoms with E-state index in [0.717, 1.165) is 27.3 Å². The number of carbonyl (C=O) groups excluding carboxylic acids is 3. The second-order valence-corrected chi connectivity index (χ2v) is 11.6. The van der Waals surface area contributed by atoms with E-state index in [-0.39, 0.29) is 29.2 Å². The van der Waals surface area contributed by atoms with Gasteiger partial charge in [0.25, 0.3) is 5.91 Å². The van der Waals surface area contributed by atoms with E-state index >= 15 is 0 Å². The number of carbonyl (C=O) groups is 3. The maximum atomic E-state index is 13.8. The number of aryl methyl sites for hydroxylation is 1. The second kappa shape index (κ2) is 10.0. The summed E-state index contributed by atoms with van der Waals surface area (Å²) in [5.74, 6) is -1.41. The van der Waals surface area contributed by atoms with Crippen LogP contribution >= 0.6 is 23.1 Å². The Hall–Kier alpha value is -3.41. The fourth-order valence-electron chi connectivity index (χ4n) is 5.17. The van der Waals surface area contributed by atoms with Crippen molar-refractivity contribution in [1.29, 1.82) is 0 Å². The molecule has 196 valence electrons. The minimum atomic E-state index is -0.682. The highest BCUT2D eigenvalue weighted by atomic mass is 32.2. The normalized spacial score (nSPS) is 22.8. The summed E-state index contributed by atoms with van der Waals surface area (Å²) in [6.07, 6.45) is 0. The van der Waals surface area contributed by atoms with Gasteiger partial charge in [-0.3, -0.25) is 19.2 Å². The number of H-pyrrole nitrogens is 1. The molecule has 3 amide bonds. The molecular weight excluding hydrogens is 526 g/mol. The molecule has 0 bridgehead atoms. The third-order valence-corrected chi connectivity index (χ3v) is 9.46. The van der Waals surface area contributed by atoms with Crippen molar-refractivity contribution in [3.63, 3.8) is 0 Å². The maximum absolute atomic E-state index is 13.8. The number of aromatic nitrogens is 1. The molecule has 2 fully saturated rings. The summed E-state index contributed by atoms with van der Waals surface area (Å²) in [5, 5.41) is -0.0500. The van der Waals surface area contributed by atoms with Gasteiger partial charge in [-0.25, -0.2) is 4.90 Å². The molecule has 11 heteroatoms. The van der Waals surface area contributed by atoms with Crippen molar-refractivity contribution in [1.82, 2.24) is 9.88 Å². The number of aromatic amines is 1. The first kappa shape index (κ1) is 24.9. The van der Waals surface area contributed by atoms with Gasteiger partial charge in [0.15, 0.2) is 6.61 Å². The van der Waals surface area contributed by atoms with E-state index in [2.05, 4.69) is 4.98 Å². The second-order valence-electron chi connectivity index (χ2n) is 9.45. The zero-order chi connectivity index (χ0) is 26.4. The molecule has 4 heterocycles. The SMILES string of the molecule is Cc1ccc(N2C(=O)C3Sc4[nH]c(=O)sc4C(c4cccc(OCC(=O)N5CCOCC5)c4)C3C2=O)cc1. The van der Waals surface area contributed by atoms with Crippen molar-refractivity contribution in [2.45, 2.75) is 23.1 Å². The smallest absolute Gasteiger partial charge is 0.305 e. The van der Waals surface area contributed by atoms with Crippen molar-refractivity contribution in [3.8, 4) is 5.75 Å². The lowest BCUT2D eigenvalue weighted by Crippen LogP contribution is -2.42. The number of morpholine rings is 1. The monoisotopic (exact) mass is 551 g/mol. The topological polar surface area (TPSA) is 109 Å². The third kappa shape index (κ3) is 4.44. The average Bonchev–Trinajstić information content (AvgIpc) is 3.42. The number of rotatable bonds is 5. The van der Waals surface area contributed by atoms with Crippen LogP contribution in [0.25, 0.3) is 0 Å². The maximum Gasteiger partial charge on any atom is 0.305 e. The third-order valence-electron chi connectivity index (χ3n) is 7.06. The molecule has 9 nitrogen and oxygen atoms in total. The number of thioether (sulfide) groups is 1. The number of fused-ring (bicyclic) bond motifs is 2. The summed E-state index contributed by atoms with van der Waals surface area (Å²) in [7, 11) is 0. The predicted molar refractivity (Wildman–Crippen MR) is 143 cm³/mol. The lowest BCUT2D eigenvalue weighted by atomic mass is 9.83. The Morgan fingerprint density at radius 3 is 2.61 bits per heavy atom. The highest BCUT2D eigenvalue weighted by molar-refractivity contribution is 8.00. The van der Waals surface area contributed by atoms with Crippen LogP contribution < -0.4 is 14.5 Å². The molecule has 2 saturated heterocycles. The molecule has 0 aliphatic carbocycles. The number of ether oxygens (including phenoxy) is 2. The van der Waals surface area contributed by atoms with Crippen LogP contribution in [0, 0.1) is 12.8 Å². The van der Waals surface area contributed by atoms with Crippen LogP contribution in [0.1, 0.15) is 21.9 Å². The zero-order valence-electron chi connectivity index (χ0n) is 20.5. The first-order chi connectivity index (χ1) is 18.4. The number of imide groups is 1. The summed E-state index contributed by atoms with van der Waals surface area (Å²) in [6.45, 7) is 3.93. The molecule has 2 aromatic carbocycles. The molecule has 6 rings (SSSR count). The quantitative estimate of drug-likeness (QED) is 0.486. The van der Waals surface area contributed by atoms with E-state index in [1.807, 2.05) is 25.1 Å². The first-order valence-electron chi connectivity index (χ1n) is 12.3. The van der Waals surface area contributed by atoms with Gasteiger partial charge in [-0.2, -0.15) is 0 Å². The molecule has 3 unspecified atom stereocenters. The molecular formula is C27H25N3O6S2. The molecule has 1 aromatic heterocycles. The van der Waals surface area contributed by atoms with E-state index in [0.29, 0.717) is 42.8 Å². The summed E-state index contributed by atoms with van der Waals surface area (Å²) < 4.78 is 11.1. The fraction of sp³-hybridized carbons (Fsp3) is 0.333. The Balaban J connectivity index is 1.32. The number of hydrogen-bond donors (Lipinski definition) is 1. The molecule has 3 atom stereocenters. The lowest BCUT2D eigenvalue weighted by Gasteiger charge is -2.30. The summed E-state index contributed by atoms with van der Waals surface area (Å²) in [6, 6.07) is 14.5. The lowest BCUT2D eigenvalue weighted by molar-refractivity contribution is -0.137. The van der Waals surface area contributed by atoms with Gasteiger partial charge in [0.2, 0.25) is 11.8 Å². The van der Waals surface area contributed by atoms with Crippen LogP contribution in [0.4, 0.5) is 5.69 Å². The Morgan fingerprint density at radius 2 is 1.84 bits per heavy atom. The molecule has 0 radical (unpaired) electrons. The van der Waals surface area contributed by atoms with Gasteiger partial charge in [0.05, 0.1) is 29.8 Å². The molecule has 3 aliphatic rings. The van der Waals surface area contributed by atoms with Gasteiger partial charge in [-0.05, 0) is 36.8 Å². The van der Waals surface area contributed by atoms with Gasteiger partial charge in [0, 0.05) is 23.9 Å². The van der Waals surface area contributed by atoms with E-state index in [4.69, 9.17) is 9.47 Å². The number of amides is 3. The van der Waals surface area contributed by atoms with E-state index in [9.17, 15) is 19.2 Å².